The van der Waals surface area contributed by atoms with Crippen LogP contribution in [0.5, 0.6) is 0 Å². The minimum absolute atomic E-state index is 0.282. The number of hydrogen-bond acceptors (Lipinski definition) is 1. The first-order valence-corrected chi connectivity index (χ1v) is 7.54. The van der Waals surface area contributed by atoms with Crippen LogP contribution in [0.4, 0.5) is 0 Å². The van der Waals surface area contributed by atoms with E-state index in [1.165, 1.54) is 24.0 Å². The molecular weight excluding hydrogens is 232 g/mol. The molecule has 1 unspecified atom stereocenters. The molecule has 0 aromatic rings. The fraction of sp³-hybridized carbons (Fsp3) is 0.611. The summed E-state index contributed by atoms with van der Waals surface area (Å²) in [6.45, 7) is 6.54. The van der Waals surface area contributed by atoms with Gasteiger partial charge in [0.15, 0.2) is 0 Å². The van der Waals surface area contributed by atoms with Crippen molar-refractivity contribution in [1.82, 2.24) is 0 Å². The maximum Gasteiger partial charge on any atom is 0.123 e. The van der Waals surface area contributed by atoms with Crippen LogP contribution in [0.1, 0.15) is 65.7 Å². The van der Waals surface area contributed by atoms with Gasteiger partial charge in [-0.05, 0) is 65.7 Å². The van der Waals surface area contributed by atoms with Crippen molar-refractivity contribution in [1.29, 1.82) is 0 Å². The highest BCUT2D eigenvalue weighted by atomic mass is 16.1. The van der Waals surface area contributed by atoms with Crippen molar-refractivity contribution in [2.24, 2.45) is 5.92 Å². The molecule has 0 aromatic carbocycles. The first-order chi connectivity index (χ1) is 9.11. The second kappa shape index (κ2) is 8.90. The van der Waals surface area contributed by atoms with Crippen LogP contribution < -0.4 is 0 Å². The topological polar surface area (TPSA) is 17.1 Å². The number of carbonyl (C=O) groups is 1. The highest BCUT2D eigenvalue weighted by molar-refractivity contribution is 5.54. The van der Waals surface area contributed by atoms with E-state index in [-0.39, 0.29) is 5.92 Å². The van der Waals surface area contributed by atoms with Crippen LogP contribution in [-0.2, 0) is 4.79 Å². The number of rotatable bonds is 7. The molecule has 0 fully saturated rings. The fourth-order valence-electron chi connectivity index (χ4n) is 2.45. The minimum atomic E-state index is 0.282. The summed E-state index contributed by atoms with van der Waals surface area (Å²) in [4.78, 5) is 10.7. The van der Waals surface area contributed by atoms with Gasteiger partial charge in [-0.2, -0.15) is 0 Å². The van der Waals surface area contributed by atoms with Crippen LogP contribution in [0.3, 0.4) is 0 Å². The van der Waals surface area contributed by atoms with Gasteiger partial charge in [-0.25, -0.2) is 0 Å². The Balaban J connectivity index is 2.24. The van der Waals surface area contributed by atoms with Crippen molar-refractivity contribution in [2.75, 3.05) is 0 Å². The molecule has 0 amide bonds. The van der Waals surface area contributed by atoms with Gasteiger partial charge in [0, 0.05) is 5.92 Å². The molecule has 0 heterocycles. The molecule has 1 aliphatic rings. The predicted octanol–water partition coefficient (Wildman–Crippen LogP) is 5.38. The molecule has 106 valence electrons. The predicted molar refractivity (Wildman–Crippen MR) is 83.1 cm³/mol. The van der Waals surface area contributed by atoms with E-state index in [2.05, 4.69) is 39.0 Å². The average Bonchev–Trinajstić information content (AvgIpc) is 2.39. The maximum atomic E-state index is 10.7. The Hall–Kier alpha value is -1.11. The Bertz CT molecular complexity index is 367. The highest BCUT2D eigenvalue weighted by Crippen LogP contribution is 2.25. The maximum absolute atomic E-state index is 10.7. The van der Waals surface area contributed by atoms with Gasteiger partial charge in [0.25, 0.3) is 0 Å². The number of carbonyl (C=O) groups excluding carboxylic acids is 1. The molecule has 1 rings (SSSR count). The van der Waals surface area contributed by atoms with Gasteiger partial charge in [-0.15, -0.1) is 0 Å². The van der Waals surface area contributed by atoms with Crippen molar-refractivity contribution in [3.05, 3.63) is 34.9 Å². The van der Waals surface area contributed by atoms with Gasteiger partial charge >= 0.3 is 0 Å². The van der Waals surface area contributed by atoms with Crippen LogP contribution in [0, 0.1) is 5.92 Å². The van der Waals surface area contributed by atoms with Crippen LogP contribution in [0.25, 0.3) is 0 Å². The van der Waals surface area contributed by atoms with Crippen LogP contribution in [0.2, 0.25) is 0 Å². The Labute approximate surface area is 118 Å². The Morgan fingerprint density at radius 2 is 2.05 bits per heavy atom. The molecule has 0 aromatic heterocycles. The summed E-state index contributed by atoms with van der Waals surface area (Å²) in [6.07, 6.45) is 15.9. The van der Waals surface area contributed by atoms with Gasteiger partial charge in [-0.3, -0.25) is 0 Å². The second-order valence-electron chi connectivity index (χ2n) is 5.94. The zero-order chi connectivity index (χ0) is 14.1. The van der Waals surface area contributed by atoms with Crippen molar-refractivity contribution >= 4 is 6.29 Å². The SMILES string of the molecule is CC(C)=CCCC(C)=CCCC1=CCC(C=O)CC1. The summed E-state index contributed by atoms with van der Waals surface area (Å²) in [5, 5.41) is 0. The standard InChI is InChI=1S/C18H28O/c1-15(2)6-4-7-16(3)8-5-9-17-10-12-18(14-19)13-11-17/h6,8,10,14,18H,4-5,7,9,11-13H2,1-3H3. The lowest BCUT2D eigenvalue weighted by molar-refractivity contribution is -0.111. The first-order valence-electron chi connectivity index (χ1n) is 7.54. The normalized spacial score (nSPS) is 19.8. The van der Waals surface area contributed by atoms with E-state index in [0.717, 1.165) is 38.4 Å². The van der Waals surface area contributed by atoms with E-state index < -0.39 is 0 Å². The van der Waals surface area contributed by atoms with Gasteiger partial charge in [0.1, 0.15) is 6.29 Å². The third-order valence-corrected chi connectivity index (χ3v) is 3.79. The van der Waals surface area contributed by atoms with E-state index in [1.807, 2.05) is 0 Å². The monoisotopic (exact) mass is 260 g/mol. The summed E-state index contributed by atoms with van der Waals surface area (Å²) in [6, 6.07) is 0. The summed E-state index contributed by atoms with van der Waals surface area (Å²) < 4.78 is 0. The quantitative estimate of drug-likeness (QED) is 0.443. The molecule has 0 saturated heterocycles. The average molecular weight is 260 g/mol. The highest BCUT2D eigenvalue weighted by Gasteiger charge is 2.12. The Morgan fingerprint density at radius 3 is 2.63 bits per heavy atom. The van der Waals surface area contributed by atoms with Crippen molar-refractivity contribution in [3.8, 4) is 0 Å². The molecular formula is C18H28O. The third-order valence-electron chi connectivity index (χ3n) is 3.79. The lowest BCUT2D eigenvalue weighted by Crippen LogP contribution is -2.06. The summed E-state index contributed by atoms with van der Waals surface area (Å²) >= 11 is 0. The molecule has 0 saturated carbocycles. The van der Waals surface area contributed by atoms with E-state index >= 15 is 0 Å². The first kappa shape index (κ1) is 15.9. The molecule has 1 heteroatoms. The third kappa shape index (κ3) is 7.15. The lowest BCUT2D eigenvalue weighted by atomic mass is 9.88. The van der Waals surface area contributed by atoms with Gasteiger partial charge < -0.3 is 4.79 Å². The van der Waals surface area contributed by atoms with E-state index in [1.54, 1.807) is 5.57 Å². The Kier molecular flexibility index (Phi) is 7.47. The summed E-state index contributed by atoms with van der Waals surface area (Å²) in [5.41, 5.74) is 4.45. The molecule has 0 bridgehead atoms. The lowest BCUT2D eigenvalue weighted by Gasteiger charge is -2.16. The molecule has 1 nitrogen and oxygen atoms in total. The van der Waals surface area contributed by atoms with Crippen LogP contribution in [-0.4, -0.2) is 6.29 Å². The van der Waals surface area contributed by atoms with Crippen LogP contribution in [0.15, 0.2) is 34.9 Å². The molecule has 0 aliphatic heterocycles. The number of aldehydes is 1. The van der Waals surface area contributed by atoms with Crippen molar-refractivity contribution in [2.45, 2.75) is 65.7 Å². The van der Waals surface area contributed by atoms with Gasteiger partial charge in [-0.1, -0.05) is 34.9 Å². The van der Waals surface area contributed by atoms with E-state index in [0.29, 0.717) is 0 Å². The molecule has 0 N–H and O–H groups in total. The smallest absolute Gasteiger partial charge is 0.123 e. The van der Waals surface area contributed by atoms with E-state index in [9.17, 15) is 4.79 Å². The Morgan fingerprint density at radius 1 is 1.26 bits per heavy atom. The van der Waals surface area contributed by atoms with Crippen molar-refractivity contribution < 1.29 is 4.79 Å². The molecule has 19 heavy (non-hydrogen) atoms. The molecule has 1 aliphatic carbocycles. The largest absolute Gasteiger partial charge is 0.303 e. The van der Waals surface area contributed by atoms with Gasteiger partial charge in [0.05, 0.1) is 0 Å². The van der Waals surface area contributed by atoms with Gasteiger partial charge in [0.2, 0.25) is 0 Å². The summed E-state index contributed by atoms with van der Waals surface area (Å²) in [7, 11) is 0. The minimum Gasteiger partial charge on any atom is -0.303 e. The van der Waals surface area contributed by atoms with Crippen molar-refractivity contribution in [3.63, 3.8) is 0 Å². The number of hydrogen-bond donors (Lipinski definition) is 0. The van der Waals surface area contributed by atoms with E-state index in [4.69, 9.17) is 0 Å². The molecule has 0 spiro atoms. The zero-order valence-corrected chi connectivity index (χ0v) is 12.7. The molecule has 1 atom stereocenters. The summed E-state index contributed by atoms with van der Waals surface area (Å²) in [5.74, 6) is 0.282. The fourth-order valence-corrected chi connectivity index (χ4v) is 2.45. The number of allylic oxidation sites excluding steroid dienone is 6. The second-order valence-corrected chi connectivity index (χ2v) is 5.94. The zero-order valence-electron chi connectivity index (χ0n) is 12.7. The van der Waals surface area contributed by atoms with Crippen LogP contribution >= 0.6 is 0 Å². The molecule has 0 radical (unpaired) electrons.